The Labute approximate surface area is 135 Å². The van der Waals surface area contributed by atoms with Crippen LogP contribution in [0.4, 0.5) is 13.2 Å². The van der Waals surface area contributed by atoms with Gasteiger partial charge in [0.2, 0.25) is 5.91 Å². The first-order valence-electron chi connectivity index (χ1n) is 6.90. The number of halogens is 3. The first-order chi connectivity index (χ1) is 11.1. The highest BCUT2D eigenvalue weighted by Gasteiger charge is 2.38. The number of amides is 2. The van der Waals surface area contributed by atoms with E-state index in [1.54, 1.807) is 6.92 Å². The van der Waals surface area contributed by atoms with Crippen LogP contribution >= 0.6 is 0 Å². The van der Waals surface area contributed by atoms with Crippen molar-refractivity contribution in [3.63, 3.8) is 0 Å². The molecule has 0 saturated carbocycles. The lowest BCUT2D eigenvalue weighted by atomic mass is 9.89. The van der Waals surface area contributed by atoms with E-state index in [0.717, 1.165) is 18.2 Å². The maximum absolute atomic E-state index is 12.9. The van der Waals surface area contributed by atoms with Crippen molar-refractivity contribution in [1.82, 2.24) is 5.32 Å². The molecule has 1 heterocycles. The lowest BCUT2D eigenvalue weighted by Crippen LogP contribution is -2.52. The van der Waals surface area contributed by atoms with Crippen LogP contribution in [0.3, 0.4) is 0 Å². The van der Waals surface area contributed by atoms with Gasteiger partial charge in [-0.1, -0.05) is 12.1 Å². The number of benzene rings is 1. The Balaban J connectivity index is 2.43. The summed E-state index contributed by atoms with van der Waals surface area (Å²) in [5, 5.41) is 2.39. The molecule has 0 fully saturated rings. The number of nitrogens with two attached hydrogens (primary N) is 1. The zero-order chi connectivity index (χ0) is 18.1. The molecule has 0 saturated heterocycles. The lowest BCUT2D eigenvalue weighted by molar-refractivity contribution is -0.137. The van der Waals surface area contributed by atoms with E-state index < -0.39 is 29.1 Å². The highest BCUT2D eigenvalue weighted by Crippen LogP contribution is 2.32. The van der Waals surface area contributed by atoms with E-state index in [1.807, 2.05) is 0 Å². The van der Waals surface area contributed by atoms with E-state index in [4.69, 9.17) is 10.2 Å². The summed E-state index contributed by atoms with van der Waals surface area (Å²) in [4.78, 5) is 24.2. The van der Waals surface area contributed by atoms with Crippen LogP contribution in [0.25, 0.3) is 0 Å². The van der Waals surface area contributed by atoms with Crippen LogP contribution in [-0.4, -0.2) is 11.8 Å². The molecule has 1 aromatic carbocycles. The van der Waals surface area contributed by atoms with Crippen LogP contribution in [-0.2, 0) is 16.5 Å². The van der Waals surface area contributed by atoms with Crippen LogP contribution in [0, 0.1) is 6.92 Å². The minimum absolute atomic E-state index is 0.0701. The molecule has 8 heteroatoms. The van der Waals surface area contributed by atoms with Crippen molar-refractivity contribution in [1.29, 1.82) is 0 Å². The normalized spacial score (nSPS) is 14.0. The SMILES string of the molecule is Cc1occc1C(=O)N[C@@](C)(C(N)=O)c1cccc(C(F)(F)F)c1. The monoisotopic (exact) mass is 340 g/mol. The first kappa shape index (κ1) is 17.6. The van der Waals surface area contributed by atoms with Crippen molar-refractivity contribution in [2.24, 2.45) is 5.73 Å². The highest BCUT2D eigenvalue weighted by molar-refractivity contribution is 5.99. The van der Waals surface area contributed by atoms with Crippen molar-refractivity contribution < 1.29 is 27.2 Å². The molecule has 0 aliphatic rings. The Hall–Kier alpha value is -2.77. The third-order valence-electron chi connectivity index (χ3n) is 3.73. The van der Waals surface area contributed by atoms with Gasteiger partial charge in [-0.05, 0) is 37.6 Å². The summed E-state index contributed by atoms with van der Waals surface area (Å²) in [5.41, 5.74) is 2.67. The second kappa shape index (κ2) is 6.03. The summed E-state index contributed by atoms with van der Waals surface area (Å²) >= 11 is 0. The maximum atomic E-state index is 12.9. The van der Waals surface area contributed by atoms with Crippen molar-refractivity contribution in [2.75, 3.05) is 0 Å². The highest BCUT2D eigenvalue weighted by atomic mass is 19.4. The van der Waals surface area contributed by atoms with Gasteiger partial charge in [0.05, 0.1) is 17.4 Å². The van der Waals surface area contributed by atoms with Gasteiger partial charge in [-0.2, -0.15) is 13.2 Å². The van der Waals surface area contributed by atoms with Crippen LogP contribution in [0.15, 0.2) is 41.0 Å². The molecule has 2 rings (SSSR count). The predicted octanol–water partition coefficient (Wildman–Crippen LogP) is 2.74. The maximum Gasteiger partial charge on any atom is 0.416 e. The number of nitrogens with one attached hydrogen (secondary N) is 1. The molecule has 1 aromatic heterocycles. The molecule has 2 amide bonds. The van der Waals surface area contributed by atoms with Gasteiger partial charge in [0, 0.05) is 0 Å². The molecule has 0 aliphatic heterocycles. The molecule has 3 N–H and O–H groups in total. The van der Waals surface area contributed by atoms with Gasteiger partial charge < -0.3 is 15.5 Å². The van der Waals surface area contributed by atoms with Gasteiger partial charge in [0.1, 0.15) is 11.3 Å². The van der Waals surface area contributed by atoms with Crippen molar-refractivity contribution >= 4 is 11.8 Å². The number of furan rings is 1. The molecule has 0 radical (unpaired) electrons. The lowest BCUT2D eigenvalue weighted by Gasteiger charge is -2.28. The zero-order valence-corrected chi connectivity index (χ0v) is 12.9. The molecule has 2 aromatic rings. The summed E-state index contributed by atoms with van der Waals surface area (Å²) in [5.74, 6) is -1.36. The number of alkyl halides is 3. The number of carbonyl (C=O) groups is 2. The minimum atomic E-state index is -4.58. The quantitative estimate of drug-likeness (QED) is 0.897. The molecule has 24 heavy (non-hydrogen) atoms. The fourth-order valence-corrected chi connectivity index (χ4v) is 2.20. The van der Waals surface area contributed by atoms with Crippen molar-refractivity contribution in [3.05, 3.63) is 59.0 Å². The number of hydrogen-bond donors (Lipinski definition) is 2. The number of hydrogen-bond acceptors (Lipinski definition) is 3. The van der Waals surface area contributed by atoms with E-state index in [-0.39, 0.29) is 11.1 Å². The van der Waals surface area contributed by atoms with Gasteiger partial charge in [-0.3, -0.25) is 9.59 Å². The zero-order valence-electron chi connectivity index (χ0n) is 12.9. The van der Waals surface area contributed by atoms with Gasteiger partial charge in [-0.25, -0.2) is 0 Å². The van der Waals surface area contributed by atoms with E-state index >= 15 is 0 Å². The van der Waals surface area contributed by atoms with Crippen LogP contribution in [0.5, 0.6) is 0 Å². The summed E-state index contributed by atoms with van der Waals surface area (Å²) in [6.45, 7) is 2.79. The Morgan fingerprint density at radius 1 is 1.17 bits per heavy atom. The van der Waals surface area contributed by atoms with Gasteiger partial charge >= 0.3 is 6.18 Å². The Morgan fingerprint density at radius 3 is 2.29 bits per heavy atom. The molecule has 0 spiro atoms. The third-order valence-corrected chi connectivity index (χ3v) is 3.73. The molecule has 0 unspecified atom stereocenters. The molecule has 0 aliphatic carbocycles. The average molecular weight is 340 g/mol. The largest absolute Gasteiger partial charge is 0.469 e. The van der Waals surface area contributed by atoms with Gasteiger partial charge in [0.15, 0.2) is 0 Å². The smallest absolute Gasteiger partial charge is 0.416 e. The summed E-state index contributed by atoms with van der Waals surface area (Å²) in [7, 11) is 0. The second-order valence-corrected chi connectivity index (χ2v) is 5.41. The van der Waals surface area contributed by atoms with Crippen LogP contribution < -0.4 is 11.1 Å². The Kier molecular flexibility index (Phi) is 4.42. The summed E-state index contributed by atoms with van der Waals surface area (Å²) in [6, 6.07) is 5.48. The van der Waals surface area contributed by atoms with Crippen LogP contribution in [0.2, 0.25) is 0 Å². The molecule has 0 bridgehead atoms. The molecular weight excluding hydrogens is 325 g/mol. The molecule has 5 nitrogen and oxygen atoms in total. The van der Waals surface area contributed by atoms with Crippen molar-refractivity contribution in [3.8, 4) is 0 Å². The molecule has 128 valence electrons. The second-order valence-electron chi connectivity index (χ2n) is 5.41. The van der Waals surface area contributed by atoms with Gasteiger partial charge in [0.25, 0.3) is 5.91 Å². The molecular formula is C16H15F3N2O3. The number of primary amides is 1. The van der Waals surface area contributed by atoms with E-state index in [1.165, 1.54) is 25.3 Å². The standard InChI is InChI=1S/C16H15F3N2O3/c1-9-12(6-7-24-9)13(22)21-15(2,14(20)23)10-4-3-5-11(8-10)16(17,18)19/h3-8H,1-2H3,(H2,20,23)(H,21,22)/t15-/m1/s1. The van der Waals surface area contributed by atoms with E-state index in [9.17, 15) is 22.8 Å². The number of carbonyl (C=O) groups excluding carboxylic acids is 2. The third kappa shape index (κ3) is 3.27. The summed E-state index contributed by atoms with van der Waals surface area (Å²) < 4.78 is 43.6. The molecule has 1 atom stereocenters. The number of rotatable bonds is 4. The summed E-state index contributed by atoms with van der Waals surface area (Å²) in [6.07, 6.45) is -3.30. The van der Waals surface area contributed by atoms with Crippen LogP contribution in [0.1, 0.15) is 34.2 Å². The van der Waals surface area contributed by atoms with E-state index in [0.29, 0.717) is 5.76 Å². The topological polar surface area (TPSA) is 85.3 Å². The Morgan fingerprint density at radius 2 is 1.79 bits per heavy atom. The number of aryl methyl sites for hydroxylation is 1. The predicted molar refractivity (Wildman–Crippen MR) is 78.9 cm³/mol. The first-order valence-corrected chi connectivity index (χ1v) is 6.90. The van der Waals surface area contributed by atoms with E-state index in [2.05, 4.69) is 5.32 Å². The average Bonchev–Trinajstić information content (AvgIpc) is 2.92. The van der Waals surface area contributed by atoms with Gasteiger partial charge in [-0.15, -0.1) is 0 Å². The fourth-order valence-electron chi connectivity index (χ4n) is 2.20. The van der Waals surface area contributed by atoms with Crippen molar-refractivity contribution in [2.45, 2.75) is 25.6 Å². The Bertz CT molecular complexity index is 783. The fraction of sp³-hybridized carbons (Fsp3) is 0.250. The minimum Gasteiger partial charge on any atom is -0.469 e.